The number of aryl methyl sites for hydroxylation is 5. The van der Waals surface area contributed by atoms with Gasteiger partial charge in [-0.25, -0.2) is 20.6 Å². The smallest absolute Gasteiger partial charge is 0.340 e. The number of amides is 2. The van der Waals surface area contributed by atoms with Crippen molar-refractivity contribution in [1.82, 2.24) is 30.3 Å². The van der Waals surface area contributed by atoms with Crippen LogP contribution in [0, 0.1) is 47.5 Å². The van der Waals surface area contributed by atoms with E-state index >= 15 is 0 Å². The Morgan fingerprint density at radius 1 is 0.657 bits per heavy atom. The number of nitrogens with zero attached hydrogens (tertiary/aromatic N) is 5. The molecule has 18 nitrogen and oxygen atoms in total. The van der Waals surface area contributed by atoms with Gasteiger partial charge in [0.2, 0.25) is 11.6 Å². The first-order valence-corrected chi connectivity index (χ1v) is 37.2. The molecule has 0 atom stereocenters. The molecule has 1 fully saturated rings. The summed E-state index contributed by atoms with van der Waals surface area (Å²) in [5.41, 5.74) is 21.6. The highest BCUT2D eigenvalue weighted by Gasteiger charge is 2.20. The average Bonchev–Trinajstić information content (AvgIpc) is 1.47. The van der Waals surface area contributed by atoms with Gasteiger partial charge in [0.05, 0.1) is 42.3 Å². The summed E-state index contributed by atoms with van der Waals surface area (Å²) in [7, 11) is 3.08. The number of hydrogen-bond donors (Lipinski definition) is 5. The molecule has 0 bridgehead atoms. The number of aromatic amines is 1. The minimum atomic E-state index is -0.472. The van der Waals surface area contributed by atoms with Crippen LogP contribution < -0.4 is 29.8 Å². The second-order valence-electron chi connectivity index (χ2n) is 27.2. The number of carbonyl (C=O) groups excluding carboxylic acids is 3. The zero-order chi connectivity index (χ0) is 77.4. The number of phenolic OH excluding ortho intramolecular Hbond substituents is 2. The summed E-state index contributed by atoms with van der Waals surface area (Å²) in [5.74, 6) is 3.01. The quantitative estimate of drug-likeness (QED) is 0.0216. The maximum absolute atomic E-state index is 12.2. The number of benzene rings is 8. The third-order valence-electron chi connectivity index (χ3n) is 18.8. The Kier molecular flexibility index (Phi) is 29.8. The second-order valence-corrected chi connectivity index (χ2v) is 28.0. The molecule has 1 aliphatic heterocycles. The number of likely N-dealkylation sites (tertiary alicyclic amines) is 1. The predicted molar refractivity (Wildman–Crippen MR) is 434 cm³/mol. The first-order chi connectivity index (χ1) is 52.0. The van der Waals surface area contributed by atoms with Crippen molar-refractivity contribution in [2.24, 2.45) is 16.1 Å². The number of phenols is 2. The zero-order valence-corrected chi connectivity index (χ0v) is 65.2. The van der Waals surface area contributed by atoms with E-state index in [2.05, 4.69) is 177 Å². The Labute approximate surface area is 643 Å². The Bertz CT molecular complexity index is 4870. The molecule has 11 aromatic rings. The predicted octanol–water partition coefficient (Wildman–Crippen LogP) is 19.9. The van der Waals surface area contributed by atoms with Gasteiger partial charge in [0.15, 0.2) is 11.5 Å². The maximum Gasteiger partial charge on any atom is 0.340 e. The normalized spacial score (nSPS) is 12.1. The van der Waals surface area contributed by atoms with Gasteiger partial charge in [0.1, 0.15) is 30.5 Å². The topological polar surface area (TPSA) is 223 Å². The van der Waals surface area contributed by atoms with Crippen LogP contribution in [0.5, 0.6) is 40.4 Å². The van der Waals surface area contributed by atoms with E-state index in [1.807, 2.05) is 54.6 Å². The lowest BCUT2D eigenvalue weighted by atomic mass is 9.92. The molecule has 5 N–H and O–H groups in total. The standard InChI is InChI=1S/C26H27ClN2O5.C24H20ClN3O2.C22H31NO.C16H20N2O2/c1-16(2)19-7-5-17(6-8-19)15-34-25-23(32-3)11-18(12-24(25)33-4)14-28-29-26(31)20-9-10-22(30)21(27)13-20;1-16-5-7-17(8-6-16)15-28-12-11-20-19(3-2-4-22(20)28)14-26-27-24(30)18-9-10-23(29)21(25)13-18;1-8-19(9-2)13-20-12-17(6)23-22(18(20)7)24-21-15(4)10-14(3)11-16(21)5;19-16(20-11-10-18-8-4-1-5-9-18)14-12-17-15-7-3-2-6-13(14)15/h5-14,16,30H,15H2,1-4H3,(H,29,31);2-14,29H,15H2,1H3,(H,27,30);10-12,19H,8-9,13H2,1-7H3;2-3,6-7,12,17H,1,4-5,8-11H2/b28-14+;26-14+;;. The number of halogens is 2. The van der Waals surface area contributed by atoms with E-state index in [-0.39, 0.29) is 33.1 Å². The Morgan fingerprint density at radius 3 is 1.87 bits per heavy atom. The fraction of sp³-hybridized carbons (Fsp3) is 0.295. The molecule has 0 saturated carbocycles. The van der Waals surface area contributed by atoms with Crippen molar-refractivity contribution in [2.75, 3.05) is 40.5 Å². The molecule has 2 amide bonds. The number of aromatic hydroxyl groups is 2. The summed E-state index contributed by atoms with van der Waals surface area (Å²) in [6.07, 6.45) is 14.2. The van der Waals surface area contributed by atoms with Crippen molar-refractivity contribution >= 4 is 75.2 Å². The number of piperidine rings is 1. The van der Waals surface area contributed by atoms with Gasteiger partial charge in [-0.15, -0.1) is 0 Å². The fourth-order valence-electron chi connectivity index (χ4n) is 12.6. The summed E-state index contributed by atoms with van der Waals surface area (Å²) >= 11 is 11.7. The van der Waals surface area contributed by atoms with Crippen LogP contribution in [0.2, 0.25) is 10.0 Å². The van der Waals surface area contributed by atoms with Gasteiger partial charge in [-0.2, -0.15) is 10.2 Å². The van der Waals surface area contributed by atoms with Crippen LogP contribution in [-0.4, -0.2) is 100 Å². The van der Waals surface area contributed by atoms with E-state index in [1.165, 1.54) is 122 Å². The van der Waals surface area contributed by atoms with Crippen LogP contribution in [0.15, 0.2) is 186 Å². The van der Waals surface area contributed by atoms with Crippen molar-refractivity contribution in [3.05, 3.63) is 270 Å². The number of pyridine rings is 1. The summed E-state index contributed by atoms with van der Waals surface area (Å²) in [6.45, 7) is 26.1. The molecule has 0 radical (unpaired) electrons. The first-order valence-electron chi connectivity index (χ1n) is 36.5. The molecule has 3 aromatic heterocycles. The highest BCUT2D eigenvalue weighted by atomic mass is 35.5. The lowest BCUT2D eigenvalue weighted by Gasteiger charge is -2.25. The number of nitrogens with one attached hydrogen (secondary N) is 3. The van der Waals surface area contributed by atoms with Gasteiger partial charge >= 0.3 is 5.97 Å². The summed E-state index contributed by atoms with van der Waals surface area (Å²) in [4.78, 5) is 46.7. The van der Waals surface area contributed by atoms with Gasteiger partial charge in [-0.05, 0) is 192 Å². The number of fused-ring (bicyclic) bond motifs is 2. The minimum absolute atomic E-state index is 0.0708. The molecule has 0 spiro atoms. The number of aromatic nitrogens is 3. The van der Waals surface area contributed by atoms with Crippen molar-refractivity contribution in [3.63, 3.8) is 0 Å². The SMILES string of the molecule is CCC(CC)Cc1cc(C)nc(Oc2c(C)cc(C)cc2C)c1C.COc1cc(/C=N/NC(=O)c2ccc(O)c(Cl)c2)cc(OC)c1OCc1ccc(C(C)C)cc1.Cc1ccc(Cn2ccc3c(/C=N/NC(=O)c4ccc(O)c(Cl)c4)cccc32)cc1.O=C(OCCN1CCCCC1)c1c[nH]c2ccccc12. The number of esters is 1. The van der Waals surface area contributed by atoms with Crippen LogP contribution in [0.25, 0.3) is 21.8 Å². The molecule has 0 unspecified atom stereocenters. The van der Waals surface area contributed by atoms with Crippen LogP contribution >= 0.6 is 23.2 Å². The molecule has 20 heteroatoms. The summed E-state index contributed by atoms with van der Waals surface area (Å²) < 4.78 is 30.9. The van der Waals surface area contributed by atoms with Crippen LogP contribution in [0.1, 0.15) is 164 Å². The number of methoxy groups -OCH3 is 2. The molecular formula is C88H98Cl2N8O10. The third-order valence-corrected chi connectivity index (χ3v) is 19.4. The number of carbonyl (C=O) groups is 3. The fourth-order valence-corrected chi connectivity index (χ4v) is 12.9. The Morgan fingerprint density at radius 2 is 1.27 bits per heavy atom. The molecule has 12 rings (SSSR count). The van der Waals surface area contributed by atoms with Gasteiger partial charge in [-0.1, -0.05) is 172 Å². The van der Waals surface area contributed by atoms with E-state index in [9.17, 15) is 24.6 Å². The van der Waals surface area contributed by atoms with Crippen molar-refractivity contribution in [3.8, 4) is 40.4 Å². The van der Waals surface area contributed by atoms with Crippen LogP contribution in [-0.2, 0) is 24.3 Å². The summed E-state index contributed by atoms with van der Waals surface area (Å²) in [6, 6.07) is 51.0. The molecule has 0 aliphatic carbocycles. The number of para-hydroxylation sites is 1. The van der Waals surface area contributed by atoms with E-state index < -0.39 is 11.8 Å². The lowest BCUT2D eigenvalue weighted by molar-refractivity contribution is 0.0454. The number of ether oxygens (including phenoxy) is 5. The van der Waals surface area contributed by atoms with Crippen LogP contribution in [0.4, 0.5) is 0 Å². The monoisotopic (exact) mass is 1500 g/mol. The van der Waals surface area contributed by atoms with Gasteiger partial charge in [-0.3, -0.25) is 14.5 Å². The minimum Gasteiger partial charge on any atom is -0.506 e. The summed E-state index contributed by atoms with van der Waals surface area (Å²) in [5, 5.41) is 29.2. The number of rotatable bonds is 24. The lowest BCUT2D eigenvalue weighted by Crippen LogP contribution is -2.33. The largest absolute Gasteiger partial charge is 0.506 e. The maximum atomic E-state index is 12.2. The zero-order valence-electron chi connectivity index (χ0n) is 63.7. The molecule has 564 valence electrons. The number of hydrazone groups is 2. The van der Waals surface area contributed by atoms with E-state index in [4.69, 9.17) is 46.9 Å². The molecule has 8 aromatic carbocycles. The van der Waals surface area contributed by atoms with E-state index in [0.717, 1.165) is 99.9 Å². The molecule has 108 heavy (non-hydrogen) atoms. The van der Waals surface area contributed by atoms with E-state index in [0.29, 0.717) is 53.1 Å². The Balaban J connectivity index is 0.000000169. The first kappa shape index (κ1) is 81.2. The molecule has 1 saturated heterocycles. The number of H-pyrrole nitrogens is 1. The highest BCUT2D eigenvalue weighted by Crippen LogP contribution is 2.40. The van der Waals surface area contributed by atoms with Crippen molar-refractivity contribution < 1.29 is 48.3 Å². The Hall–Kier alpha value is -10.9. The number of hydrogen-bond acceptors (Lipinski definition) is 14. The second kappa shape index (κ2) is 39.6. The third kappa shape index (κ3) is 22.6. The van der Waals surface area contributed by atoms with Gasteiger partial charge in [0.25, 0.3) is 11.8 Å². The van der Waals surface area contributed by atoms with Gasteiger partial charge < -0.3 is 43.4 Å². The van der Waals surface area contributed by atoms with Crippen molar-refractivity contribution in [2.45, 2.75) is 127 Å². The van der Waals surface area contributed by atoms with Crippen LogP contribution in [0.3, 0.4) is 0 Å². The molecule has 4 heterocycles. The van der Waals surface area contributed by atoms with Crippen molar-refractivity contribution in [1.29, 1.82) is 0 Å². The highest BCUT2D eigenvalue weighted by molar-refractivity contribution is 6.32. The molecular weight excluding hydrogens is 1400 g/mol. The van der Waals surface area contributed by atoms with Gasteiger partial charge in [0, 0.05) is 80.8 Å². The van der Waals surface area contributed by atoms with E-state index in [1.54, 1.807) is 24.5 Å². The average molecular weight is 1500 g/mol. The molecule has 1 aliphatic rings.